The number of para-hydroxylation sites is 3. The number of hydrogen-bond acceptors (Lipinski definition) is 3. The zero-order chi connectivity index (χ0) is 37.0. The highest BCUT2D eigenvalue weighted by Gasteiger charge is 2.17. The second-order valence-electron chi connectivity index (χ2n) is 14.1. The van der Waals surface area contributed by atoms with Gasteiger partial charge in [-0.2, -0.15) is 0 Å². The molecule has 0 radical (unpaired) electrons. The average Bonchev–Trinajstić information content (AvgIpc) is 3.79. The fourth-order valence-electron chi connectivity index (χ4n) is 8.15. The third kappa shape index (κ3) is 5.29. The molecule has 56 heavy (non-hydrogen) atoms. The Morgan fingerprint density at radius 2 is 0.804 bits per heavy atom. The smallest absolute Gasteiger partial charge is 0.160 e. The molecule has 5 nitrogen and oxygen atoms in total. The van der Waals surface area contributed by atoms with Gasteiger partial charge in [0.05, 0.1) is 33.5 Å². The van der Waals surface area contributed by atoms with E-state index in [1.54, 1.807) is 0 Å². The second-order valence-corrected chi connectivity index (χ2v) is 14.1. The van der Waals surface area contributed by atoms with Crippen LogP contribution in [0.1, 0.15) is 0 Å². The zero-order valence-corrected chi connectivity index (χ0v) is 30.3. The van der Waals surface area contributed by atoms with Gasteiger partial charge in [0.1, 0.15) is 5.82 Å². The summed E-state index contributed by atoms with van der Waals surface area (Å²) in [6, 6.07) is 68.2. The minimum atomic E-state index is 0.685. The maximum atomic E-state index is 5.07. The summed E-state index contributed by atoms with van der Waals surface area (Å²) < 4.78 is 4.62. The van der Waals surface area contributed by atoms with Crippen molar-refractivity contribution < 1.29 is 0 Å². The van der Waals surface area contributed by atoms with Crippen LogP contribution in [0.4, 0.5) is 0 Å². The van der Waals surface area contributed by atoms with Crippen molar-refractivity contribution in [2.24, 2.45) is 0 Å². The summed E-state index contributed by atoms with van der Waals surface area (Å²) in [5, 5.41) is 4.86. The van der Waals surface area contributed by atoms with E-state index in [1.807, 2.05) is 54.7 Å². The molecule has 0 saturated carbocycles. The second kappa shape index (κ2) is 13.0. The van der Waals surface area contributed by atoms with Crippen LogP contribution in [0.2, 0.25) is 0 Å². The number of nitrogens with zero attached hydrogens (tertiary/aromatic N) is 5. The van der Waals surface area contributed by atoms with Crippen molar-refractivity contribution in [3.05, 3.63) is 200 Å². The number of hydrogen-bond donors (Lipinski definition) is 0. The topological polar surface area (TPSA) is 48.5 Å². The van der Waals surface area contributed by atoms with E-state index in [9.17, 15) is 0 Å². The SMILES string of the molecule is c1ccc(-c2cc(-c3ccc(-n4c5ccccc5c5cc(-c6ccc7c(c6)c6ccccc6n7-c6ccccc6)ccc54)nc3)nc(-c3ccccc3)n2)cc1. The lowest BCUT2D eigenvalue weighted by atomic mass is 10.0. The van der Waals surface area contributed by atoms with Crippen LogP contribution in [-0.2, 0) is 0 Å². The summed E-state index contributed by atoms with van der Waals surface area (Å²) in [5.41, 5.74) is 12.8. The molecule has 0 atom stereocenters. The van der Waals surface area contributed by atoms with Gasteiger partial charge in [0.2, 0.25) is 0 Å². The number of fused-ring (bicyclic) bond motifs is 6. The number of benzene rings is 7. The van der Waals surface area contributed by atoms with Gasteiger partial charge in [-0.3, -0.25) is 4.57 Å². The van der Waals surface area contributed by atoms with Crippen molar-refractivity contribution >= 4 is 43.6 Å². The summed E-state index contributed by atoms with van der Waals surface area (Å²) in [6.07, 6.45) is 1.93. The Morgan fingerprint density at radius 3 is 1.41 bits per heavy atom. The molecule has 0 amide bonds. The summed E-state index contributed by atoms with van der Waals surface area (Å²) in [4.78, 5) is 15.1. The van der Waals surface area contributed by atoms with Crippen molar-refractivity contribution in [1.29, 1.82) is 0 Å². The summed E-state index contributed by atoms with van der Waals surface area (Å²) in [5.74, 6) is 1.54. The summed E-state index contributed by atoms with van der Waals surface area (Å²) in [6.45, 7) is 0. The molecule has 0 saturated heterocycles. The largest absolute Gasteiger partial charge is 0.309 e. The van der Waals surface area contributed by atoms with Crippen LogP contribution >= 0.6 is 0 Å². The maximum Gasteiger partial charge on any atom is 0.160 e. The van der Waals surface area contributed by atoms with E-state index >= 15 is 0 Å². The van der Waals surface area contributed by atoms with E-state index < -0.39 is 0 Å². The third-order valence-electron chi connectivity index (χ3n) is 10.8. The minimum absolute atomic E-state index is 0.685. The van der Waals surface area contributed by atoms with Crippen molar-refractivity contribution in [2.75, 3.05) is 0 Å². The first-order chi connectivity index (χ1) is 27.8. The highest BCUT2D eigenvalue weighted by Crippen LogP contribution is 2.38. The van der Waals surface area contributed by atoms with Crippen molar-refractivity contribution in [1.82, 2.24) is 24.1 Å². The fraction of sp³-hybridized carbons (Fsp3) is 0. The van der Waals surface area contributed by atoms with Crippen LogP contribution in [0.25, 0.3) is 100 Å². The molecule has 4 aromatic heterocycles. The van der Waals surface area contributed by atoms with Gasteiger partial charge in [-0.25, -0.2) is 15.0 Å². The normalized spacial score (nSPS) is 11.6. The third-order valence-corrected chi connectivity index (χ3v) is 10.8. The van der Waals surface area contributed by atoms with Gasteiger partial charge in [0, 0.05) is 50.1 Å². The Labute approximate surface area is 323 Å². The molecule has 11 rings (SSSR count). The minimum Gasteiger partial charge on any atom is -0.309 e. The van der Waals surface area contributed by atoms with Crippen LogP contribution < -0.4 is 0 Å². The Bertz CT molecular complexity index is 3160. The predicted octanol–water partition coefficient (Wildman–Crippen LogP) is 12.7. The number of rotatable bonds is 6. The molecule has 0 aliphatic heterocycles. The lowest BCUT2D eigenvalue weighted by molar-refractivity contribution is 1.08. The monoisotopic (exact) mass is 715 g/mol. The molecule has 0 aliphatic rings. The van der Waals surface area contributed by atoms with Crippen molar-refractivity contribution in [3.63, 3.8) is 0 Å². The van der Waals surface area contributed by atoms with Gasteiger partial charge >= 0.3 is 0 Å². The molecule has 262 valence electrons. The molecule has 5 heteroatoms. The van der Waals surface area contributed by atoms with Crippen molar-refractivity contribution in [2.45, 2.75) is 0 Å². The Balaban J connectivity index is 1.01. The Kier molecular flexibility index (Phi) is 7.42. The summed E-state index contributed by atoms with van der Waals surface area (Å²) >= 11 is 0. The highest BCUT2D eigenvalue weighted by molar-refractivity contribution is 6.12. The molecule has 0 spiro atoms. The molecule has 0 bridgehead atoms. The van der Waals surface area contributed by atoms with Crippen LogP contribution in [0, 0.1) is 0 Å². The lowest BCUT2D eigenvalue weighted by Gasteiger charge is -2.11. The first kappa shape index (κ1) is 31.9. The van der Waals surface area contributed by atoms with E-state index in [4.69, 9.17) is 15.0 Å². The van der Waals surface area contributed by atoms with Crippen LogP contribution in [-0.4, -0.2) is 24.1 Å². The van der Waals surface area contributed by atoms with Crippen LogP contribution in [0.15, 0.2) is 200 Å². The molecule has 4 heterocycles. The Hall–Kier alpha value is -7.63. The average molecular weight is 716 g/mol. The van der Waals surface area contributed by atoms with E-state index in [1.165, 1.54) is 43.7 Å². The molecular weight excluding hydrogens is 683 g/mol. The molecule has 11 aromatic rings. The molecule has 0 N–H and O–H groups in total. The van der Waals surface area contributed by atoms with Gasteiger partial charge in [0.25, 0.3) is 0 Å². The fourth-order valence-corrected chi connectivity index (χ4v) is 8.15. The highest BCUT2D eigenvalue weighted by atomic mass is 15.1. The molecule has 0 unspecified atom stereocenters. The van der Waals surface area contributed by atoms with Gasteiger partial charge < -0.3 is 4.57 Å². The van der Waals surface area contributed by atoms with E-state index in [0.717, 1.165) is 50.6 Å². The van der Waals surface area contributed by atoms with Crippen LogP contribution in [0.5, 0.6) is 0 Å². The molecule has 0 aliphatic carbocycles. The standard InChI is InChI=1S/C51H33N5/c1-4-14-34(15-5-1)44-32-45(54-51(53-44)35-16-6-2-7-17-35)38-26-29-50(52-33-38)56-47-23-13-11-21-41(47)43-31-37(25-28-49(43)56)36-24-27-48-42(30-36)40-20-10-12-22-46(40)55(48)39-18-8-3-9-19-39/h1-33H. The maximum absolute atomic E-state index is 5.07. The van der Waals surface area contributed by atoms with Gasteiger partial charge in [-0.15, -0.1) is 0 Å². The van der Waals surface area contributed by atoms with E-state index in [-0.39, 0.29) is 0 Å². The van der Waals surface area contributed by atoms with Crippen molar-refractivity contribution in [3.8, 4) is 56.5 Å². The zero-order valence-electron chi connectivity index (χ0n) is 30.3. The number of aromatic nitrogens is 5. The molecular formula is C51H33N5. The van der Waals surface area contributed by atoms with Gasteiger partial charge in [-0.05, 0) is 77.9 Å². The predicted molar refractivity (Wildman–Crippen MR) is 230 cm³/mol. The summed E-state index contributed by atoms with van der Waals surface area (Å²) in [7, 11) is 0. The van der Waals surface area contributed by atoms with Crippen LogP contribution in [0.3, 0.4) is 0 Å². The van der Waals surface area contributed by atoms with Gasteiger partial charge in [-0.1, -0.05) is 127 Å². The van der Waals surface area contributed by atoms with E-state index in [0.29, 0.717) is 5.82 Å². The molecule has 0 fully saturated rings. The lowest BCUT2D eigenvalue weighted by Crippen LogP contribution is -1.99. The first-order valence-corrected chi connectivity index (χ1v) is 18.9. The molecule has 7 aromatic carbocycles. The van der Waals surface area contributed by atoms with Gasteiger partial charge in [0.15, 0.2) is 5.82 Å². The number of pyridine rings is 1. The first-order valence-electron chi connectivity index (χ1n) is 18.9. The van der Waals surface area contributed by atoms with E-state index in [2.05, 4.69) is 155 Å². The Morgan fingerprint density at radius 1 is 0.321 bits per heavy atom. The quantitative estimate of drug-likeness (QED) is 0.172.